The fourth-order valence-corrected chi connectivity index (χ4v) is 4.28. The SMILES string of the molecule is CC1CCS(=O)(=NC2CC2)CC1. The van der Waals surface area contributed by atoms with Gasteiger partial charge in [-0.25, -0.2) is 8.57 Å². The van der Waals surface area contributed by atoms with Crippen LogP contribution in [0.25, 0.3) is 0 Å². The highest BCUT2D eigenvalue weighted by Crippen LogP contribution is 2.28. The van der Waals surface area contributed by atoms with Crippen molar-refractivity contribution in [3.05, 3.63) is 0 Å². The number of rotatable bonds is 1. The molecule has 0 aromatic heterocycles. The van der Waals surface area contributed by atoms with Crippen LogP contribution in [0.2, 0.25) is 0 Å². The average molecular weight is 187 g/mol. The van der Waals surface area contributed by atoms with Crippen LogP contribution in [-0.4, -0.2) is 21.8 Å². The van der Waals surface area contributed by atoms with Gasteiger partial charge in [0.1, 0.15) is 0 Å². The van der Waals surface area contributed by atoms with Gasteiger partial charge in [0.2, 0.25) is 0 Å². The van der Waals surface area contributed by atoms with Gasteiger partial charge in [0.05, 0.1) is 6.04 Å². The summed E-state index contributed by atoms with van der Waals surface area (Å²) < 4.78 is 16.5. The molecule has 1 aliphatic heterocycles. The van der Waals surface area contributed by atoms with Crippen molar-refractivity contribution >= 4 is 9.73 Å². The monoisotopic (exact) mass is 187 g/mol. The van der Waals surface area contributed by atoms with E-state index in [1.807, 2.05) is 0 Å². The molecule has 0 amide bonds. The van der Waals surface area contributed by atoms with E-state index in [2.05, 4.69) is 11.3 Å². The predicted molar refractivity (Wildman–Crippen MR) is 51.7 cm³/mol. The Balaban J connectivity index is 2.06. The Bertz CT molecular complexity index is 260. The lowest BCUT2D eigenvalue weighted by atomic mass is 10.1. The lowest BCUT2D eigenvalue weighted by Crippen LogP contribution is -2.22. The normalized spacial score (nSPS) is 42.6. The van der Waals surface area contributed by atoms with Crippen molar-refractivity contribution in [2.24, 2.45) is 10.3 Å². The zero-order valence-electron chi connectivity index (χ0n) is 7.66. The molecule has 0 spiro atoms. The summed E-state index contributed by atoms with van der Waals surface area (Å²) in [5.41, 5.74) is 0. The summed E-state index contributed by atoms with van der Waals surface area (Å²) in [5.74, 6) is 2.50. The van der Waals surface area contributed by atoms with Crippen LogP contribution in [0.1, 0.15) is 32.6 Å². The van der Waals surface area contributed by atoms with Crippen molar-refractivity contribution in [3.8, 4) is 0 Å². The molecular formula is C9H17NOS. The van der Waals surface area contributed by atoms with Crippen LogP contribution in [-0.2, 0) is 9.73 Å². The van der Waals surface area contributed by atoms with Gasteiger partial charge in [-0.05, 0) is 31.6 Å². The maximum atomic E-state index is 12.0. The summed E-state index contributed by atoms with van der Waals surface area (Å²) in [6.45, 7) is 2.25. The van der Waals surface area contributed by atoms with Crippen molar-refractivity contribution in [2.75, 3.05) is 11.5 Å². The van der Waals surface area contributed by atoms with Crippen LogP contribution < -0.4 is 0 Å². The predicted octanol–water partition coefficient (Wildman–Crippen LogP) is 2.05. The molecule has 1 aliphatic carbocycles. The fourth-order valence-electron chi connectivity index (χ4n) is 1.57. The van der Waals surface area contributed by atoms with Crippen LogP contribution >= 0.6 is 0 Å². The third kappa shape index (κ3) is 2.00. The molecule has 0 aromatic rings. The molecule has 1 saturated heterocycles. The third-order valence-electron chi connectivity index (χ3n) is 2.75. The average Bonchev–Trinajstić information content (AvgIpc) is 2.80. The first kappa shape index (κ1) is 8.54. The molecule has 0 radical (unpaired) electrons. The second-order valence-corrected chi connectivity index (χ2v) is 6.77. The minimum atomic E-state index is -1.73. The van der Waals surface area contributed by atoms with Gasteiger partial charge in [-0.3, -0.25) is 0 Å². The van der Waals surface area contributed by atoms with Gasteiger partial charge >= 0.3 is 0 Å². The van der Waals surface area contributed by atoms with Crippen molar-refractivity contribution in [2.45, 2.75) is 38.6 Å². The van der Waals surface area contributed by atoms with Gasteiger partial charge in [-0.1, -0.05) is 6.92 Å². The van der Waals surface area contributed by atoms with Crippen LogP contribution in [0.15, 0.2) is 4.36 Å². The van der Waals surface area contributed by atoms with Crippen molar-refractivity contribution < 1.29 is 4.21 Å². The highest BCUT2D eigenvalue weighted by atomic mass is 32.2. The molecule has 0 aromatic carbocycles. The van der Waals surface area contributed by atoms with Crippen LogP contribution in [0.4, 0.5) is 0 Å². The Labute approximate surface area is 74.9 Å². The first-order valence-electron chi connectivity index (χ1n) is 4.90. The minimum Gasteiger partial charge on any atom is -0.250 e. The molecular weight excluding hydrogens is 170 g/mol. The second-order valence-electron chi connectivity index (χ2n) is 4.20. The van der Waals surface area contributed by atoms with Crippen molar-refractivity contribution in [3.63, 3.8) is 0 Å². The first-order valence-corrected chi connectivity index (χ1v) is 6.75. The lowest BCUT2D eigenvalue weighted by Gasteiger charge is -2.20. The zero-order chi connectivity index (χ0) is 8.60. The molecule has 0 N–H and O–H groups in total. The summed E-state index contributed by atoms with van der Waals surface area (Å²) in [5, 5.41) is 0. The molecule has 2 nitrogen and oxygen atoms in total. The number of nitrogens with zero attached hydrogens (tertiary/aromatic N) is 1. The van der Waals surface area contributed by atoms with Gasteiger partial charge in [0, 0.05) is 21.2 Å². The van der Waals surface area contributed by atoms with E-state index in [9.17, 15) is 4.21 Å². The van der Waals surface area contributed by atoms with E-state index >= 15 is 0 Å². The minimum absolute atomic E-state index is 0.478. The molecule has 2 rings (SSSR count). The summed E-state index contributed by atoms with van der Waals surface area (Å²) in [7, 11) is -1.73. The van der Waals surface area contributed by atoms with Gasteiger partial charge in [-0.2, -0.15) is 0 Å². The molecule has 3 heteroatoms. The van der Waals surface area contributed by atoms with Crippen LogP contribution in [0, 0.1) is 5.92 Å². The maximum absolute atomic E-state index is 12.0. The van der Waals surface area contributed by atoms with Crippen LogP contribution in [0.5, 0.6) is 0 Å². The number of hydrogen-bond acceptors (Lipinski definition) is 2. The molecule has 1 saturated carbocycles. The first-order chi connectivity index (χ1) is 5.68. The molecule has 70 valence electrons. The summed E-state index contributed by atoms with van der Waals surface area (Å²) in [4.78, 5) is 0. The van der Waals surface area contributed by atoms with E-state index < -0.39 is 9.73 Å². The highest BCUT2D eigenvalue weighted by Gasteiger charge is 2.26. The molecule has 0 bridgehead atoms. The Morgan fingerprint density at radius 1 is 1.17 bits per heavy atom. The Kier molecular flexibility index (Phi) is 2.15. The largest absolute Gasteiger partial charge is 0.250 e. The third-order valence-corrected chi connectivity index (χ3v) is 5.18. The molecule has 2 aliphatic rings. The molecule has 0 unspecified atom stereocenters. The summed E-state index contributed by atoms with van der Waals surface area (Å²) in [6, 6.07) is 0.478. The second kappa shape index (κ2) is 3.02. The van der Waals surface area contributed by atoms with Crippen molar-refractivity contribution in [1.82, 2.24) is 0 Å². The Morgan fingerprint density at radius 3 is 2.25 bits per heavy atom. The molecule has 1 heterocycles. The molecule has 0 atom stereocenters. The fraction of sp³-hybridized carbons (Fsp3) is 1.00. The van der Waals surface area contributed by atoms with Gasteiger partial charge < -0.3 is 0 Å². The zero-order valence-corrected chi connectivity index (χ0v) is 8.48. The lowest BCUT2D eigenvalue weighted by molar-refractivity contribution is 0.522. The topological polar surface area (TPSA) is 29.4 Å². The smallest absolute Gasteiger partial charge is 0.0595 e. The maximum Gasteiger partial charge on any atom is 0.0595 e. The van der Waals surface area contributed by atoms with Crippen LogP contribution in [0.3, 0.4) is 0 Å². The van der Waals surface area contributed by atoms with E-state index in [4.69, 9.17) is 0 Å². The van der Waals surface area contributed by atoms with E-state index in [-0.39, 0.29) is 0 Å². The summed E-state index contributed by atoms with van der Waals surface area (Å²) >= 11 is 0. The van der Waals surface area contributed by atoms with Gasteiger partial charge in [0.15, 0.2) is 0 Å². The highest BCUT2D eigenvalue weighted by molar-refractivity contribution is 7.93. The van der Waals surface area contributed by atoms with E-state index in [0.29, 0.717) is 6.04 Å². The molecule has 12 heavy (non-hydrogen) atoms. The summed E-state index contributed by atoms with van der Waals surface area (Å²) in [6.07, 6.45) is 4.61. The Morgan fingerprint density at radius 2 is 1.75 bits per heavy atom. The van der Waals surface area contributed by atoms with Gasteiger partial charge in [-0.15, -0.1) is 0 Å². The van der Waals surface area contributed by atoms with E-state index in [1.54, 1.807) is 0 Å². The van der Waals surface area contributed by atoms with E-state index in [1.165, 1.54) is 12.8 Å². The standard InChI is InChI=1S/C9H17NOS/c1-8-4-6-12(11,7-5-8)10-9-2-3-9/h8-9H,2-7H2,1H3. The number of hydrogen-bond donors (Lipinski definition) is 0. The molecule has 2 fully saturated rings. The van der Waals surface area contributed by atoms with E-state index in [0.717, 1.165) is 30.3 Å². The Hall–Kier alpha value is -0.0500. The van der Waals surface area contributed by atoms with Crippen molar-refractivity contribution in [1.29, 1.82) is 0 Å². The van der Waals surface area contributed by atoms with Gasteiger partial charge in [0.25, 0.3) is 0 Å². The quantitative estimate of drug-likeness (QED) is 0.617.